The number of carboxylic acids is 1. The van der Waals surface area contributed by atoms with E-state index >= 15 is 0 Å². The largest absolute Gasteiger partial charge is 0.481 e. The van der Waals surface area contributed by atoms with Gasteiger partial charge in [-0.3, -0.25) is 4.79 Å². The van der Waals surface area contributed by atoms with Gasteiger partial charge in [0.25, 0.3) is 0 Å². The number of hydrogen-bond donors (Lipinski definition) is 4. The number of carboxylic acid groups (broad SMARTS) is 1. The molecule has 64 heavy (non-hydrogen) atoms. The Bertz CT molecular complexity index is 1600. The van der Waals surface area contributed by atoms with Gasteiger partial charge in [-0.1, -0.05) is 34.6 Å². The lowest BCUT2D eigenvalue weighted by molar-refractivity contribution is -0.365. The highest BCUT2D eigenvalue weighted by Crippen LogP contribution is 2.55. The summed E-state index contributed by atoms with van der Waals surface area (Å²) in [6, 6.07) is 0. The molecule has 7 heterocycles. The highest BCUT2D eigenvalue weighted by atomic mass is 16.7. The number of methoxy groups -OCH3 is 4. The van der Waals surface area contributed by atoms with E-state index in [1.807, 2.05) is 34.6 Å². The van der Waals surface area contributed by atoms with Crippen LogP contribution in [0.15, 0.2) is 0 Å². The van der Waals surface area contributed by atoms with Gasteiger partial charge in [0, 0.05) is 77.8 Å². The van der Waals surface area contributed by atoms with Gasteiger partial charge in [0.15, 0.2) is 23.7 Å². The molecule has 7 saturated heterocycles. The maximum absolute atomic E-state index is 11.9. The molecule has 7 rings (SSSR count). The zero-order chi connectivity index (χ0) is 46.9. The molecule has 0 aliphatic carbocycles. The number of carbonyl (C=O) groups is 1. The van der Waals surface area contributed by atoms with E-state index in [0.29, 0.717) is 38.5 Å². The van der Waals surface area contributed by atoms with E-state index in [-0.39, 0.29) is 60.8 Å². The van der Waals surface area contributed by atoms with Gasteiger partial charge < -0.3 is 77.3 Å². The lowest BCUT2D eigenvalue weighted by Gasteiger charge is -2.53. The van der Waals surface area contributed by atoms with E-state index in [9.17, 15) is 25.2 Å². The fourth-order valence-corrected chi connectivity index (χ4v) is 12.7. The minimum absolute atomic E-state index is 0.0406. The van der Waals surface area contributed by atoms with Crippen molar-refractivity contribution in [2.75, 3.05) is 28.4 Å². The molecule has 0 aromatic heterocycles. The molecule has 0 unspecified atom stereocenters. The summed E-state index contributed by atoms with van der Waals surface area (Å²) in [6.07, 6.45) is -3.18. The molecule has 0 saturated carbocycles. The van der Waals surface area contributed by atoms with Crippen molar-refractivity contribution in [2.45, 2.75) is 234 Å². The number of rotatable bonds is 13. The van der Waals surface area contributed by atoms with Crippen molar-refractivity contribution in [1.29, 1.82) is 0 Å². The molecule has 7 fully saturated rings. The van der Waals surface area contributed by atoms with Crippen LogP contribution in [0.2, 0.25) is 0 Å². The van der Waals surface area contributed by atoms with E-state index in [2.05, 4.69) is 13.8 Å². The molecule has 17 nitrogen and oxygen atoms in total. The number of aliphatic carboxylic acids is 1. The second-order valence-electron chi connectivity index (χ2n) is 21.3. The summed E-state index contributed by atoms with van der Waals surface area (Å²) in [5, 5.41) is 44.3. The molecule has 0 bridgehead atoms. The van der Waals surface area contributed by atoms with Crippen molar-refractivity contribution in [3.8, 4) is 0 Å². The summed E-state index contributed by atoms with van der Waals surface area (Å²) in [7, 11) is 6.37. The average Bonchev–Trinajstić information content (AvgIpc) is 3.94. The zero-order valence-corrected chi connectivity index (χ0v) is 40.4. The van der Waals surface area contributed by atoms with Crippen molar-refractivity contribution in [1.82, 2.24) is 0 Å². The lowest BCUT2D eigenvalue weighted by Crippen LogP contribution is -2.65. The fourth-order valence-electron chi connectivity index (χ4n) is 12.7. The van der Waals surface area contributed by atoms with Crippen LogP contribution in [0.4, 0.5) is 0 Å². The first kappa shape index (κ1) is 50.7. The first-order chi connectivity index (χ1) is 30.0. The number of hydrogen-bond acceptors (Lipinski definition) is 16. The third-order valence-electron chi connectivity index (χ3n) is 16.8. The quantitative estimate of drug-likeness (QED) is 0.203. The second-order valence-corrected chi connectivity index (χ2v) is 21.3. The highest BCUT2D eigenvalue weighted by molar-refractivity contribution is 5.68. The Balaban J connectivity index is 1.09. The van der Waals surface area contributed by atoms with Crippen molar-refractivity contribution >= 4 is 5.97 Å². The van der Waals surface area contributed by atoms with Crippen LogP contribution in [0.3, 0.4) is 0 Å². The Morgan fingerprint density at radius 3 is 2.09 bits per heavy atom. The molecule has 7 aliphatic rings. The molecule has 1 spiro atoms. The van der Waals surface area contributed by atoms with E-state index in [1.54, 1.807) is 28.1 Å². The first-order valence-corrected chi connectivity index (χ1v) is 23.8. The molecule has 4 N–H and O–H groups in total. The molecular formula is C47H80O17. The molecule has 0 amide bonds. The normalized spacial score (nSPS) is 54.1. The van der Waals surface area contributed by atoms with Gasteiger partial charge in [0.1, 0.15) is 18.3 Å². The van der Waals surface area contributed by atoms with Gasteiger partial charge in [-0.15, -0.1) is 0 Å². The summed E-state index contributed by atoms with van der Waals surface area (Å²) < 4.78 is 77.6. The fraction of sp³-hybridized carbons (Fsp3) is 0.979. The smallest absolute Gasteiger partial charge is 0.308 e. The van der Waals surface area contributed by atoms with E-state index in [4.69, 9.17) is 56.8 Å². The molecule has 0 aromatic rings. The monoisotopic (exact) mass is 917 g/mol. The molecule has 0 radical (unpaired) electrons. The van der Waals surface area contributed by atoms with Gasteiger partial charge in [0.05, 0.1) is 78.7 Å². The molecule has 17 heteroatoms. The summed E-state index contributed by atoms with van der Waals surface area (Å²) in [4.78, 5) is 11.9. The summed E-state index contributed by atoms with van der Waals surface area (Å²) in [5.41, 5.74) is -1.60. The Morgan fingerprint density at radius 2 is 1.45 bits per heavy atom. The Labute approximate surface area is 379 Å². The summed E-state index contributed by atoms with van der Waals surface area (Å²) in [6.45, 7) is 17.5. The average molecular weight is 917 g/mol. The van der Waals surface area contributed by atoms with Crippen LogP contribution in [0.25, 0.3) is 0 Å². The van der Waals surface area contributed by atoms with Crippen molar-refractivity contribution in [3.05, 3.63) is 0 Å². The number of aliphatic hydroxyl groups excluding tert-OH is 1. The molecular weight excluding hydrogens is 836 g/mol. The van der Waals surface area contributed by atoms with Crippen LogP contribution in [-0.4, -0.2) is 169 Å². The topological polar surface area (TPSA) is 209 Å². The number of ether oxygens (including phenoxy) is 12. The zero-order valence-electron chi connectivity index (χ0n) is 40.4. The van der Waals surface area contributed by atoms with Gasteiger partial charge in [0.2, 0.25) is 0 Å². The maximum Gasteiger partial charge on any atom is 0.308 e. The number of aliphatic hydroxyl groups is 3. The first-order valence-electron chi connectivity index (χ1n) is 23.8. The van der Waals surface area contributed by atoms with Crippen LogP contribution >= 0.6 is 0 Å². The third kappa shape index (κ3) is 9.46. The summed E-state index contributed by atoms with van der Waals surface area (Å²) in [5.74, 6) is -7.18. The van der Waals surface area contributed by atoms with Crippen molar-refractivity contribution in [3.63, 3.8) is 0 Å². The van der Waals surface area contributed by atoms with Crippen LogP contribution in [0.5, 0.6) is 0 Å². The van der Waals surface area contributed by atoms with Gasteiger partial charge in [-0.2, -0.15) is 0 Å². The maximum atomic E-state index is 11.9. The third-order valence-corrected chi connectivity index (χ3v) is 16.8. The van der Waals surface area contributed by atoms with Crippen molar-refractivity contribution in [2.24, 2.45) is 29.6 Å². The van der Waals surface area contributed by atoms with E-state index < -0.39 is 102 Å². The molecule has 24 atom stereocenters. The van der Waals surface area contributed by atoms with E-state index in [1.165, 1.54) is 14.2 Å². The molecule has 0 aromatic carbocycles. The van der Waals surface area contributed by atoms with Crippen molar-refractivity contribution < 1.29 is 82.1 Å². The van der Waals surface area contributed by atoms with Gasteiger partial charge in [-0.05, 0) is 59.3 Å². The van der Waals surface area contributed by atoms with Crippen LogP contribution < -0.4 is 0 Å². The van der Waals surface area contributed by atoms with Gasteiger partial charge >= 0.3 is 5.97 Å². The molecule has 370 valence electrons. The second kappa shape index (κ2) is 19.0. The Hall–Kier alpha value is -1.13. The standard InChI is InChI=1S/C47H80O17/c1-23-18-24(2)45(9,51)61-36(23)31-19-32(58-35-20-30(53-10)40(55-12)28(6)57-35)42(59-31)44(8)15-14-33(60-44)43(7)16-17-46(64-43)21-29(48)25(3)37(62-46)26(4)38-41(56-13)39(54-11)27(5)47(52,63-38)22-34(49)50/h23-33,35-42,48,51-52H,14-22H2,1-13H3,(H,49,50)/t23-,24+,25+,26+,27-,28-,29-,30+,31+,32-,33+,35+,36-,37-,38-,39-,40-,41-,42+,43-,44-,45-,46+,47+/m0/s1. The molecule has 7 aliphatic heterocycles. The lowest BCUT2D eigenvalue weighted by atomic mass is 9.75. The Morgan fingerprint density at radius 1 is 0.766 bits per heavy atom. The van der Waals surface area contributed by atoms with Crippen LogP contribution in [0, 0.1) is 29.6 Å². The minimum Gasteiger partial charge on any atom is -0.481 e. The van der Waals surface area contributed by atoms with E-state index in [0.717, 1.165) is 6.42 Å². The SMILES string of the molecule is CO[C@@H]1[C@@H](OC)[C@H](C)[C@@](O)(CC(=O)O)O[C@H]1[C@H](C)[C@H]1O[C@@]2(CC[C@@](C)([C@H]3CC[C@@](C)([C@@H]4O[C@@H]([C@H]5O[C@](C)(O)[C@H](C)C[C@@H]5C)C[C@@H]4O[C@@H]4C[C@@H](OC)[C@@H](OC)[C@H](C)O4)O3)O2)C[C@H](O)[C@H]1C. The predicted molar refractivity (Wildman–Crippen MR) is 228 cm³/mol. The predicted octanol–water partition coefficient (Wildman–Crippen LogP) is 4.32. The Kier molecular flexibility index (Phi) is 15.1. The highest BCUT2D eigenvalue weighted by Gasteiger charge is 2.64. The van der Waals surface area contributed by atoms with Crippen LogP contribution in [0.1, 0.15) is 120 Å². The minimum atomic E-state index is -2.03. The van der Waals surface area contributed by atoms with Gasteiger partial charge in [-0.25, -0.2) is 0 Å². The summed E-state index contributed by atoms with van der Waals surface area (Å²) >= 11 is 0. The van der Waals surface area contributed by atoms with Crippen LogP contribution in [-0.2, 0) is 61.6 Å².